The molecule has 0 saturated heterocycles. The number of benzene rings is 2. The van der Waals surface area contributed by atoms with E-state index >= 15 is 0 Å². The summed E-state index contributed by atoms with van der Waals surface area (Å²) in [6.07, 6.45) is 7.08. The van der Waals surface area contributed by atoms with Crippen LogP contribution in [-0.2, 0) is 0 Å². The van der Waals surface area contributed by atoms with Crippen LogP contribution in [0.15, 0.2) is 49.3 Å². The van der Waals surface area contributed by atoms with E-state index in [9.17, 15) is 0 Å². The number of hydrogen-bond donors (Lipinski definition) is 0. The van der Waals surface area contributed by atoms with Gasteiger partial charge in [-0.3, -0.25) is 0 Å². The summed E-state index contributed by atoms with van der Waals surface area (Å²) in [6.45, 7) is 0. The van der Waals surface area contributed by atoms with Crippen molar-refractivity contribution in [2.75, 3.05) is 0 Å². The summed E-state index contributed by atoms with van der Waals surface area (Å²) in [5.74, 6) is 0. The Hall–Kier alpha value is -2.10. The van der Waals surface area contributed by atoms with Crippen molar-refractivity contribution in [1.82, 2.24) is 19.9 Å². The molecule has 0 aliphatic carbocycles. The second-order valence-corrected chi connectivity index (χ2v) is 10.1. The summed E-state index contributed by atoms with van der Waals surface area (Å²) >= 11 is 0.697. The molecular weight excluding hydrogens is 430 g/mol. The first-order chi connectivity index (χ1) is 11.9. The first kappa shape index (κ1) is 13.2. The topological polar surface area (TPSA) is 51.6 Å². The molecule has 0 amide bonds. The zero-order chi connectivity index (χ0) is 15.7. The normalized spacial score (nSPS) is 12.2. The molecule has 6 aromatic rings. The third-order valence-electron chi connectivity index (χ3n) is 4.33. The summed E-state index contributed by atoms with van der Waals surface area (Å²) in [4.78, 5) is 17.2. The molecule has 0 saturated carbocycles. The molecule has 2 aromatic carbocycles. The third kappa shape index (κ3) is 1.74. The van der Waals surface area contributed by atoms with Crippen LogP contribution in [0.3, 0.4) is 0 Å². The Morgan fingerprint density at radius 3 is 1.96 bits per heavy atom. The molecular formula is C18H8N4Se2. The van der Waals surface area contributed by atoms with Gasteiger partial charge in [-0.15, -0.1) is 0 Å². The molecule has 0 radical (unpaired) electrons. The monoisotopic (exact) mass is 440 g/mol. The Balaban J connectivity index is 1.81. The van der Waals surface area contributed by atoms with Crippen LogP contribution in [0.25, 0.3) is 49.6 Å². The van der Waals surface area contributed by atoms with Gasteiger partial charge in [0.05, 0.1) is 0 Å². The minimum absolute atomic E-state index is 0.345. The van der Waals surface area contributed by atoms with Gasteiger partial charge in [0.1, 0.15) is 0 Å². The summed E-state index contributed by atoms with van der Waals surface area (Å²) in [7, 11) is 0. The van der Waals surface area contributed by atoms with Gasteiger partial charge in [-0.1, -0.05) is 0 Å². The van der Waals surface area contributed by atoms with E-state index in [4.69, 9.17) is 0 Å². The maximum atomic E-state index is 4.43. The number of rotatable bonds is 0. The van der Waals surface area contributed by atoms with Gasteiger partial charge < -0.3 is 0 Å². The Morgan fingerprint density at radius 1 is 0.625 bits per heavy atom. The van der Waals surface area contributed by atoms with E-state index in [2.05, 4.69) is 44.2 Å². The fraction of sp³-hybridized carbons (Fsp3) is 0. The predicted octanol–water partition coefficient (Wildman–Crippen LogP) is 3.15. The number of nitrogens with zero attached hydrogens (tertiary/aromatic N) is 4. The zero-order valence-electron chi connectivity index (χ0n) is 12.2. The fourth-order valence-corrected chi connectivity index (χ4v) is 9.60. The van der Waals surface area contributed by atoms with E-state index in [-0.39, 0.29) is 0 Å². The maximum absolute atomic E-state index is 4.43. The van der Waals surface area contributed by atoms with Crippen molar-refractivity contribution in [3.63, 3.8) is 0 Å². The van der Waals surface area contributed by atoms with Crippen molar-refractivity contribution >= 4 is 78.6 Å². The van der Waals surface area contributed by atoms with E-state index in [1.807, 2.05) is 12.4 Å². The van der Waals surface area contributed by atoms with Crippen molar-refractivity contribution in [2.45, 2.75) is 0 Å². The quantitative estimate of drug-likeness (QED) is 0.342. The molecule has 0 N–H and O–H groups in total. The van der Waals surface area contributed by atoms with Gasteiger partial charge in [-0.05, 0) is 0 Å². The molecule has 0 aliphatic rings. The van der Waals surface area contributed by atoms with Gasteiger partial charge in [-0.2, -0.15) is 0 Å². The summed E-state index contributed by atoms with van der Waals surface area (Å²) in [6, 6.07) is 9.07. The Labute approximate surface area is 147 Å². The Kier molecular flexibility index (Phi) is 2.60. The van der Waals surface area contributed by atoms with Gasteiger partial charge in [0.2, 0.25) is 0 Å². The zero-order valence-corrected chi connectivity index (χ0v) is 15.7. The molecule has 112 valence electrons. The van der Waals surface area contributed by atoms with E-state index in [0.29, 0.717) is 29.0 Å². The SMILES string of the molecule is c1ncc2cc3c(cc2n1)[se]c1c2cc4ncncc4cc2[se]c31. The fourth-order valence-electron chi connectivity index (χ4n) is 3.21. The molecule has 0 aliphatic heterocycles. The summed E-state index contributed by atoms with van der Waals surface area (Å²) in [5.41, 5.74) is 2.09. The molecule has 4 heterocycles. The van der Waals surface area contributed by atoms with E-state index in [0.717, 1.165) is 21.8 Å². The van der Waals surface area contributed by atoms with Crippen LogP contribution in [0.2, 0.25) is 0 Å². The molecule has 24 heavy (non-hydrogen) atoms. The standard InChI is InChI=1S/C18H8N4Se2/c1-9-5-19-8-22-14(9)4-16-11(1)17-18(24-16)12-3-13-10(2-15(12)23-17)6-20-7-21-13/h1-8H. The van der Waals surface area contributed by atoms with Crippen LogP contribution in [0.5, 0.6) is 0 Å². The van der Waals surface area contributed by atoms with Gasteiger partial charge >= 0.3 is 148 Å². The molecule has 6 rings (SSSR count). The summed E-state index contributed by atoms with van der Waals surface area (Å²) in [5, 5.41) is 5.09. The minimum atomic E-state index is 0.345. The van der Waals surface area contributed by atoms with E-state index < -0.39 is 0 Å². The van der Waals surface area contributed by atoms with Crippen LogP contribution in [0, 0.1) is 0 Å². The van der Waals surface area contributed by atoms with Crippen LogP contribution < -0.4 is 0 Å². The second-order valence-electron chi connectivity index (χ2n) is 5.72. The van der Waals surface area contributed by atoms with Crippen LogP contribution >= 0.6 is 0 Å². The number of hydrogen-bond acceptors (Lipinski definition) is 4. The van der Waals surface area contributed by atoms with Crippen LogP contribution in [0.4, 0.5) is 0 Å². The Morgan fingerprint density at radius 2 is 1.21 bits per heavy atom. The Bertz CT molecular complexity index is 1300. The molecule has 0 bridgehead atoms. The molecule has 0 atom stereocenters. The van der Waals surface area contributed by atoms with Gasteiger partial charge in [0, 0.05) is 0 Å². The number of fused-ring (bicyclic) bond motifs is 7. The van der Waals surface area contributed by atoms with Crippen LogP contribution in [0.1, 0.15) is 0 Å². The van der Waals surface area contributed by atoms with Crippen LogP contribution in [-0.4, -0.2) is 48.9 Å². The van der Waals surface area contributed by atoms with Gasteiger partial charge in [-0.25, -0.2) is 0 Å². The number of aromatic nitrogens is 4. The average Bonchev–Trinajstić information content (AvgIpc) is 3.13. The van der Waals surface area contributed by atoms with Crippen molar-refractivity contribution in [3.8, 4) is 0 Å². The molecule has 6 heteroatoms. The van der Waals surface area contributed by atoms with Crippen molar-refractivity contribution < 1.29 is 0 Å². The molecule has 0 spiro atoms. The first-order valence-electron chi connectivity index (χ1n) is 7.45. The molecule has 4 nitrogen and oxygen atoms in total. The molecule has 0 fully saturated rings. The van der Waals surface area contributed by atoms with E-state index in [1.165, 1.54) is 23.6 Å². The van der Waals surface area contributed by atoms with Crippen molar-refractivity contribution in [3.05, 3.63) is 49.3 Å². The molecule has 4 aromatic heterocycles. The van der Waals surface area contributed by atoms with Crippen molar-refractivity contribution in [1.29, 1.82) is 0 Å². The third-order valence-corrected chi connectivity index (χ3v) is 9.96. The predicted molar refractivity (Wildman–Crippen MR) is 99.0 cm³/mol. The van der Waals surface area contributed by atoms with Crippen molar-refractivity contribution in [2.24, 2.45) is 0 Å². The average molecular weight is 438 g/mol. The first-order valence-corrected chi connectivity index (χ1v) is 10.9. The van der Waals surface area contributed by atoms with Gasteiger partial charge in [0.25, 0.3) is 0 Å². The summed E-state index contributed by atoms with van der Waals surface area (Å²) < 4.78 is 6.00. The molecule has 0 unspecified atom stereocenters. The van der Waals surface area contributed by atoms with Gasteiger partial charge in [0.15, 0.2) is 0 Å². The second kappa shape index (κ2) is 4.71. The van der Waals surface area contributed by atoms with E-state index in [1.54, 1.807) is 16.9 Å².